The van der Waals surface area contributed by atoms with E-state index in [2.05, 4.69) is 192 Å². The maximum absolute atomic E-state index is 6.47. The fraction of sp³-hybridized carbons (Fsp3) is 0. The molecule has 0 saturated heterocycles. The molecule has 0 aliphatic heterocycles. The van der Waals surface area contributed by atoms with Gasteiger partial charge in [-0.3, -0.25) is 0 Å². The number of nitrogens with zero attached hydrogens (tertiary/aromatic N) is 2. The van der Waals surface area contributed by atoms with E-state index in [9.17, 15) is 0 Å². The van der Waals surface area contributed by atoms with Gasteiger partial charge in [-0.05, 0) is 108 Å². The predicted octanol–water partition coefficient (Wildman–Crippen LogP) is 16.5. The molecular weight excluding hydrogens is 741 g/mol. The highest BCUT2D eigenvalue weighted by molar-refractivity contribution is 7.25. The van der Waals surface area contributed by atoms with Crippen LogP contribution in [0, 0.1) is 0 Å². The largest absolute Gasteiger partial charge is 0.456 e. The first-order valence-electron chi connectivity index (χ1n) is 19.8. The minimum Gasteiger partial charge on any atom is -0.456 e. The maximum Gasteiger partial charge on any atom is 0.137 e. The third kappa shape index (κ3) is 5.66. The molecule has 59 heavy (non-hydrogen) atoms. The van der Waals surface area contributed by atoms with Crippen LogP contribution in [0.15, 0.2) is 215 Å². The Labute approximate surface area is 344 Å². The number of benzene rings is 9. The molecule has 0 N–H and O–H groups in total. The Balaban J connectivity index is 1.12. The van der Waals surface area contributed by atoms with Gasteiger partial charge in [0.1, 0.15) is 22.3 Å². The topological polar surface area (TPSA) is 32.8 Å². The summed E-state index contributed by atoms with van der Waals surface area (Å²) >= 11 is 1.84. The van der Waals surface area contributed by atoms with Crippen molar-refractivity contribution in [2.75, 3.05) is 9.80 Å². The Bertz CT molecular complexity index is 3350. The minimum atomic E-state index is 0.848. The van der Waals surface area contributed by atoms with Crippen LogP contribution in [-0.2, 0) is 0 Å². The van der Waals surface area contributed by atoms with Crippen LogP contribution in [-0.4, -0.2) is 0 Å². The van der Waals surface area contributed by atoms with Gasteiger partial charge in [0.25, 0.3) is 0 Å². The fourth-order valence-electron chi connectivity index (χ4n) is 8.68. The summed E-state index contributed by atoms with van der Waals surface area (Å²) in [6, 6.07) is 73.4. The van der Waals surface area contributed by atoms with Crippen LogP contribution in [0.1, 0.15) is 0 Å². The molecule has 0 bridgehead atoms. The van der Waals surface area contributed by atoms with Gasteiger partial charge in [0.2, 0.25) is 0 Å². The Hall–Kier alpha value is -7.60. The average molecular weight is 775 g/mol. The van der Waals surface area contributed by atoms with E-state index in [4.69, 9.17) is 8.83 Å². The highest BCUT2D eigenvalue weighted by atomic mass is 32.1. The standard InChI is InChI=1S/C54H34N2O2S/c1-3-13-37(14-4-1)55(39-24-26-45-43-17-7-10-20-49(43)57-51(45)33-39)41-29-36(35-23-28-54-48(31-35)47-19-9-12-22-53(47)59-54)30-42(32-41)56(38-15-5-2-6-16-38)40-25-27-46-44-18-8-11-21-50(44)58-52(46)34-40/h1-34H. The Morgan fingerprint density at radius 2 is 0.746 bits per heavy atom. The zero-order valence-electron chi connectivity index (χ0n) is 31.7. The zero-order valence-corrected chi connectivity index (χ0v) is 32.6. The zero-order chi connectivity index (χ0) is 38.9. The van der Waals surface area contributed by atoms with Crippen molar-refractivity contribution in [3.63, 3.8) is 0 Å². The molecule has 0 fully saturated rings. The summed E-state index contributed by atoms with van der Waals surface area (Å²) in [4.78, 5) is 4.67. The first kappa shape index (κ1) is 33.5. The molecule has 5 heteroatoms. The average Bonchev–Trinajstić information content (AvgIpc) is 3.98. The van der Waals surface area contributed by atoms with Gasteiger partial charge in [0.05, 0.1) is 0 Å². The number of fused-ring (bicyclic) bond motifs is 9. The van der Waals surface area contributed by atoms with Crippen molar-refractivity contribution in [3.8, 4) is 11.1 Å². The Morgan fingerprint density at radius 3 is 1.32 bits per heavy atom. The molecule has 3 heterocycles. The van der Waals surface area contributed by atoms with Crippen molar-refractivity contribution in [1.82, 2.24) is 0 Å². The molecule has 0 spiro atoms. The van der Waals surface area contributed by atoms with Crippen molar-refractivity contribution >= 4 is 110 Å². The molecule has 12 rings (SSSR count). The summed E-state index contributed by atoms with van der Waals surface area (Å²) in [5, 5.41) is 6.96. The molecule has 0 unspecified atom stereocenters. The van der Waals surface area contributed by atoms with Crippen LogP contribution in [0.4, 0.5) is 34.1 Å². The quantitative estimate of drug-likeness (QED) is 0.161. The third-order valence-corrected chi connectivity index (χ3v) is 12.6. The highest BCUT2D eigenvalue weighted by Crippen LogP contribution is 2.46. The Morgan fingerprint density at radius 1 is 0.271 bits per heavy atom. The lowest BCUT2D eigenvalue weighted by Crippen LogP contribution is -2.13. The van der Waals surface area contributed by atoms with Crippen LogP contribution in [0.5, 0.6) is 0 Å². The number of furan rings is 2. The lowest BCUT2D eigenvalue weighted by atomic mass is 10.00. The van der Waals surface area contributed by atoms with Crippen molar-refractivity contribution in [3.05, 3.63) is 206 Å². The molecule has 0 radical (unpaired) electrons. The number of hydrogen-bond donors (Lipinski definition) is 0. The molecule has 0 aliphatic rings. The van der Waals surface area contributed by atoms with Crippen LogP contribution in [0.2, 0.25) is 0 Å². The molecule has 3 aromatic heterocycles. The van der Waals surface area contributed by atoms with Gasteiger partial charge in [-0.25, -0.2) is 0 Å². The van der Waals surface area contributed by atoms with E-state index >= 15 is 0 Å². The fourth-order valence-corrected chi connectivity index (χ4v) is 9.77. The summed E-state index contributed by atoms with van der Waals surface area (Å²) in [5.41, 5.74) is 11.8. The van der Waals surface area contributed by atoms with Crippen molar-refractivity contribution in [2.24, 2.45) is 0 Å². The second-order valence-electron chi connectivity index (χ2n) is 14.9. The maximum atomic E-state index is 6.47. The smallest absolute Gasteiger partial charge is 0.137 e. The predicted molar refractivity (Wildman–Crippen MR) is 249 cm³/mol. The first-order valence-corrected chi connectivity index (χ1v) is 20.6. The van der Waals surface area contributed by atoms with Gasteiger partial charge in [0, 0.05) is 88.0 Å². The van der Waals surface area contributed by atoms with Gasteiger partial charge in [0.15, 0.2) is 0 Å². The molecule has 0 saturated carbocycles. The molecule has 4 nitrogen and oxygen atoms in total. The van der Waals surface area contributed by atoms with Crippen molar-refractivity contribution < 1.29 is 8.83 Å². The van der Waals surface area contributed by atoms with E-state index in [0.29, 0.717) is 0 Å². The second-order valence-corrected chi connectivity index (χ2v) is 16.0. The van der Waals surface area contributed by atoms with E-state index in [1.165, 1.54) is 20.2 Å². The second kappa shape index (κ2) is 13.5. The lowest BCUT2D eigenvalue weighted by molar-refractivity contribution is 0.668. The van der Waals surface area contributed by atoms with Gasteiger partial charge >= 0.3 is 0 Å². The lowest BCUT2D eigenvalue weighted by Gasteiger charge is -2.30. The number of hydrogen-bond acceptors (Lipinski definition) is 5. The van der Waals surface area contributed by atoms with Crippen molar-refractivity contribution in [1.29, 1.82) is 0 Å². The van der Waals surface area contributed by atoms with Gasteiger partial charge in [-0.1, -0.05) is 97.1 Å². The summed E-state index contributed by atoms with van der Waals surface area (Å²) in [7, 11) is 0. The van der Waals surface area contributed by atoms with Gasteiger partial charge < -0.3 is 18.6 Å². The number of anilines is 6. The minimum absolute atomic E-state index is 0.848. The SMILES string of the molecule is c1ccc(N(c2cc(-c3ccc4sc5ccccc5c4c3)cc(N(c3ccccc3)c3ccc4c(c3)oc3ccccc34)c2)c2ccc3c(c2)oc2ccccc23)cc1. The van der Waals surface area contributed by atoms with Crippen LogP contribution in [0.3, 0.4) is 0 Å². The molecule has 0 atom stereocenters. The number of para-hydroxylation sites is 4. The van der Waals surface area contributed by atoms with Crippen LogP contribution < -0.4 is 9.80 Å². The Kier molecular flexibility index (Phi) is 7.68. The van der Waals surface area contributed by atoms with E-state index in [1.54, 1.807) is 0 Å². The van der Waals surface area contributed by atoms with Gasteiger partial charge in [-0.2, -0.15) is 0 Å². The summed E-state index contributed by atoms with van der Waals surface area (Å²) in [6.45, 7) is 0. The third-order valence-electron chi connectivity index (χ3n) is 11.4. The monoisotopic (exact) mass is 774 g/mol. The highest BCUT2D eigenvalue weighted by Gasteiger charge is 2.22. The molecule has 9 aromatic carbocycles. The van der Waals surface area contributed by atoms with E-state index in [1.807, 2.05) is 35.6 Å². The molecule has 0 amide bonds. The summed E-state index contributed by atoms with van der Waals surface area (Å²) < 4.78 is 15.5. The molecule has 278 valence electrons. The number of rotatable bonds is 7. The van der Waals surface area contributed by atoms with E-state index < -0.39 is 0 Å². The van der Waals surface area contributed by atoms with E-state index in [-0.39, 0.29) is 0 Å². The summed E-state index contributed by atoms with van der Waals surface area (Å²) in [6.07, 6.45) is 0. The summed E-state index contributed by atoms with van der Waals surface area (Å²) in [5.74, 6) is 0. The number of thiophene rings is 1. The normalized spacial score (nSPS) is 11.7. The molecule has 0 aliphatic carbocycles. The van der Waals surface area contributed by atoms with Crippen LogP contribution >= 0.6 is 11.3 Å². The van der Waals surface area contributed by atoms with Crippen LogP contribution in [0.25, 0.3) is 75.2 Å². The van der Waals surface area contributed by atoms with Crippen molar-refractivity contribution in [2.45, 2.75) is 0 Å². The first-order chi connectivity index (χ1) is 29.2. The van der Waals surface area contributed by atoms with Gasteiger partial charge in [-0.15, -0.1) is 11.3 Å². The van der Waals surface area contributed by atoms with E-state index in [0.717, 1.165) is 89.1 Å². The molecular formula is C54H34N2O2S. The molecule has 12 aromatic rings.